The third kappa shape index (κ3) is 5.17. The van der Waals surface area contributed by atoms with Crippen LogP contribution in [0.25, 0.3) is 0 Å². The second kappa shape index (κ2) is 9.14. The zero-order chi connectivity index (χ0) is 19.9. The predicted molar refractivity (Wildman–Crippen MR) is 108 cm³/mol. The van der Waals surface area contributed by atoms with Gasteiger partial charge in [0.15, 0.2) is 0 Å². The summed E-state index contributed by atoms with van der Waals surface area (Å²) in [6, 6.07) is 17.6. The van der Waals surface area contributed by atoms with Gasteiger partial charge in [-0.1, -0.05) is 40.2 Å². The Kier molecular flexibility index (Phi) is 6.39. The summed E-state index contributed by atoms with van der Waals surface area (Å²) in [4.78, 5) is 12.1. The molecule has 28 heavy (non-hydrogen) atoms. The molecule has 0 atom stereocenters. The van der Waals surface area contributed by atoms with Gasteiger partial charge in [-0.3, -0.25) is 4.79 Å². The number of halogens is 2. The lowest BCUT2D eigenvalue weighted by Crippen LogP contribution is -2.17. The summed E-state index contributed by atoms with van der Waals surface area (Å²) in [6.45, 7) is 0.257. The fourth-order valence-electron chi connectivity index (χ4n) is 2.38. The fourth-order valence-corrected chi connectivity index (χ4v) is 2.76. The number of nitrogens with one attached hydrogen (secondary N) is 1. The number of aromatic hydroxyl groups is 1. The summed E-state index contributed by atoms with van der Waals surface area (Å²) in [5, 5.41) is 13.7. The van der Waals surface area contributed by atoms with E-state index in [0.29, 0.717) is 11.3 Å². The highest BCUT2D eigenvalue weighted by atomic mass is 79.9. The zero-order valence-electron chi connectivity index (χ0n) is 14.6. The Labute approximate surface area is 169 Å². The lowest BCUT2D eigenvalue weighted by atomic mass is 10.2. The van der Waals surface area contributed by atoms with Gasteiger partial charge in [-0.25, -0.2) is 9.82 Å². The topological polar surface area (TPSA) is 70.9 Å². The number of carbonyl (C=O) groups excluding carboxylic acids is 1. The molecule has 1 amide bonds. The van der Waals surface area contributed by atoms with Gasteiger partial charge in [-0.2, -0.15) is 5.10 Å². The normalized spacial score (nSPS) is 10.8. The van der Waals surface area contributed by atoms with Crippen LogP contribution < -0.4 is 10.2 Å². The molecule has 0 spiro atoms. The minimum Gasteiger partial charge on any atom is -0.507 e. The maximum atomic E-state index is 13.0. The van der Waals surface area contributed by atoms with E-state index in [2.05, 4.69) is 26.5 Å². The Hall–Kier alpha value is -3.19. The minimum absolute atomic E-state index is 0.124. The third-order valence-corrected chi connectivity index (χ3v) is 4.29. The number of amides is 1. The van der Waals surface area contributed by atoms with Crippen molar-refractivity contribution in [1.29, 1.82) is 0 Å². The molecule has 0 aliphatic carbocycles. The van der Waals surface area contributed by atoms with Gasteiger partial charge in [0.1, 0.15) is 23.9 Å². The maximum absolute atomic E-state index is 13.0. The van der Waals surface area contributed by atoms with Gasteiger partial charge >= 0.3 is 0 Å². The summed E-state index contributed by atoms with van der Waals surface area (Å²) < 4.78 is 19.6. The standard InChI is InChI=1S/C21H16BrFN2O3/c22-16-7-10-20(28-13-14-5-8-17(23)9-6-14)15(11-16)12-24-25-21(27)18-3-1-2-4-19(18)26/h1-12,26H,13H2,(H,25,27). The van der Waals surface area contributed by atoms with E-state index in [-0.39, 0.29) is 23.7 Å². The molecule has 0 aliphatic rings. The van der Waals surface area contributed by atoms with Crippen molar-refractivity contribution >= 4 is 28.1 Å². The van der Waals surface area contributed by atoms with Gasteiger partial charge < -0.3 is 9.84 Å². The molecule has 0 aliphatic heterocycles. The maximum Gasteiger partial charge on any atom is 0.275 e. The van der Waals surface area contributed by atoms with Crippen LogP contribution in [0.5, 0.6) is 11.5 Å². The molecular weight excluding hydrogens is 427 g/mol. The number of para-hydroxylation sites is 1. The van der Waals surface area contributed by atoms with Crippen LogP contribution in [0.4, 0.5) is 4.39 Å². The van der Waals surface area contributed by atoms with Crippen LogP contribution >= 0.6 is 15.9 Å². The molecule has 142 valence electrons. The number of phenolic OH excluding ortho intramolecular Hbond substituents is 1. The zero-order valence-corrected chi connectivity index (χ0v) is 16.2. The first-order valence-corrected chi connectivity index (χ1v) is 9.10. The first-order valence-electron chi connectivity index (χ1n) is 8.31. The minimum atomic E-state index is -0.530. The lowest BCUT2D eigenvalue weighted by Gasteiger charge is -2.10. The number of hydrogen-bond donors (Lipinski definition) is 2. The predicted octanol–water partition coefficient (Wildman–Crippen LogP) is 4.64. The molecule has 3 aromatic rings. The summed E-state index contributed by atoms with van der Waals surface area (Å²) in [5.41, 5.74) is 3.95. The van der Waals surface area contributed by atoms with Gasteiger partial charge in [-0.05, 0) is 48.0 Å². The largest absolute Gasteiger partial charge is 0.507 e. The molecule has 0 saturated heterocycles. The van der Waals surface area contributed by atoms with Crippen molar-refractivity contribution in [3.8, 4) is 11.5 Å². The van der Waals surface area contributed by atoms with Crippen LogP contribution in [-0.4, -0.2) is 17.2 Å². The molecule has 0 bridgehead atoms. The van der Waals surface area contributed by atoms with Crippen LogP contribution in [0.15, 0.2) is 76.3 Å². The molecule has 3 rings (SSSR count). The molecule has 7 heteroatoms. The average Bonchev–Trinajstić information content (AvgIpc) is 2.69. The summed E-state index contributed by atoms with van der Waals surface area (Å²) in [6.07, 6.45) is 1.45. The molecule has 0 radical (unpaired) electrons. The quantitative estimate of drug-likeness (QED) is 0.431. The summed E-state index contributed by atoms with van der Waals surface area (Å²) in [5.74, 6) is -0.410. The van der Waals surface area contributed by atoms with Crippen molar-refractivity contribution in [3.63, 3.8) is 0 Å². The van der Waals surface area contributed by atoms with Crippen LogP contribution in [0, 0.1) is 5.82 Å². The second-order valence-electron chi connectivity index (χ2n) is 5.81. The first kappa shape index (κ1) is 19.6. The van der Waals surface area contributed by atoms with Crippen molar-refractivity contribution in [2.75, 3.05) is 0 Å². The van der Waals surface area contributed by atoms with E-state index < -0.39 is 5.91 Å². The van der Waals surface area contributed by atoms with Gasteiger partial charge in [-0.15, -0.1) is 0 Å². The Morgan fingerprint density at radius 1 is 1.14 bits per heavy atom. The lowest BCUT2D eigenvalue weighted by molar-refractivity contribution is 0.0952. The van der Waals surface area contributed by atoms with Crippen molar-refractivity contribution in [2.45, 2.75) is 6.61 Å². The van der Waals surface area contributed by atoms with Crippen LogP contribution in [0.2, 0.25) is 0 Å². The molecule has 2 N–H and O–H groups in total. The van der Waals surface area contributed by atoms with Gasteiger partial charge in [0.2, 0.25) is 0 Å². The molecule has 0 heterocycles. The van der Waals surface area contributed by atoms with E-state index >= 15 is 0 Å². The highest BCUT2D eigenvalue weighted by molar-refractivity contribution is 9.10. The molecule has 3 aromatic carbocycles. The average molecular weight is 443 g/mol. The molecule has 0 fully saturated rings. The Morgan fingerprint density at radius 3 is 2.64 bits per heavy atom. The molecule has 0 aromatic heterocycles. The summed E-state index contributed by atoms with van der Waals surface area (Å²) in [7, 11) is 0. The smallest absolute Gasteiger partial charge is 0.275 e. The first-order chi connectivity index (χ1) is 13.5. The molecule has 0 saturated carbocycles. The summed E-state index contributed by atoms with van der Waals surface area (Å²) >= 11 is 3.39. The van der Waals surface area contributed by atoms with Crippen molar-refractivity contribution in [1.82, 2.24) is 5.43 Å². The van der Waals surface area contributed by atoms with Crippen LogP contribution in [0.1, 0.15) is 21.5 Å². The van der Waals surface area contributed by atoms with E-state index in [1.807, 2.05) is 6.07 Å². The molecule has 5 nitrogen and oxygen atoms in total. The number of hydrazone groups is 1. The number of benzene rings is 3. The second-order valence-corrected chi connectivity index (χ2v) is 6.73. The fraction of sp³-hybridized carbons (Fsp3) is 0.0476. The molecular formula is C21H16BrFN2O3. The molecule has 0 unspecified atom stereocenters. The Morgan fingerprint density at radius 2 is 1.89 bits per heavy atom. The van der Waals surface area contributed by atoms with Crippen LogP contribution in [-0.2, 0) is 6.61 Å². The number of rotatable bonds is 6. The number of ether oxygens (including phenoxy) is 1. The van der Waals surface area contributed by atoms with Crippen LogP contribution in [0.3, 0.4) is 0 Å². The van der Waals surface area contributed by atoms with Gasteiger partial charge in [0.25, 0.3) is 5.91 Å². The van der Waals surface area contributed by atoms with Crippen molar-refractivity contribution in [2.24, 2.45) is 5.10 Å². The van der Waals surface area contributed by atoms with E-state index in [4.69, 9.17) is 4.74 Å². The van der Waals surface area contributed by atoms with E-state index in [0.717, 1.165) is 10.0 Å². The third-order valence-electron chi connectivity index (χ3n) is 3.80. The van der Waals surface area contributed by atoms with Gasteiger partial charge in [0, 0.05) is 10.0 Å². The monoisotopic (exact) mass is 442 g/mol. The Bertz CT molecular complexity index is 1010. The number of carbonyl (C=O) groups is 1. The highest BCUT2D eigenvalue weighted by Gasteiger charge is 2.09. The number of nitrogens with zero attached hydrogens (tertiary/aromatic N) is 1. The van der Waals surface area contributed by atoms with Crippen molar-refractivity contribution in [3.05, 3.63) is 93.7 Å². The Balaban J connectivity index is 1.69. The van der Waals surface area contributed by atoms with E-state index in [1.165, 1.54) is 30.5 Å². The van der Waals surface area contributed by atoms with Crippen molar-refractivity contribution < 1.29 is 19.0 Å². The van der Waals surface area contributed by atoms with Gasteiger partial charge in [0.05, 0.1) is 11.8 Å². The van der Waals surface area contributed by atoms with E-state index in [1.54, 1.807) is 36.4 Å². The van der Waals surface area contributed by atoms with E-state index in [9.17, 15) is 14.3 Å². The highest BCUT2D eigenvalue weighted by Crippen LogP contribution is 2.23. The SMILES string of the molecule is O=C(NN=Cc1cc(Br)ccc1OCc1ccc(F)cc1)c1ccccc1O. The number of phenols is 1. The number of hydrogen-bond acceptors (Lipinski definition) is 4.